The molecule has 0 radical (unpaired) electrons. The van der Waals surface area contributed by atoms with Gasteiger partial charge in [0.1, 0.15) is 5.52 Å². The standard InChI is InChI=1S/C14H16N2O2/c1-3-10(2)15-13(17)8-9-14-16-11-6-4-5-7-12(11)18-14/h4-10H,3H2,1-2H3,(H,15,17). The number of fused-ring (bicyclic) bond motifs is 1. The number of para-hydroxylation sites is 2. The van der Waals surface area contributed by atoms with E-state index in [0.29, 0.717) is 5.89 Å². The van der Waals surface area contributed by atoms with Gasteiger partial charge in [-0.15, -0.1) is 0 Å². The number of oxazole rings is 1. The van der Waals surface area contributed by atoms with Crippen LogP contribution >= 0.6 is 0 Å². The van der Waals surface area contributed by atoms with E-state index >= 15 is 0 Å². The van der Waals surface area contributed by atoms with Crippen molar-refractivity contribution in [3.05, 3.63) is 36.2 Å². The van der Waals surface area contributed by atoms with E-state index < -0.39 is 0 Å². The molecule has 18 heavy (non-hydrogen) atoms. The molecule has 0 saturated heterocycles. The number of hydrogen-bond acceptors (Lipinski definition) is 3. The van der Waals surface area contributed by atoms with Crippen molar-refractivity contribution in [2.45, 2.75) is 26.3 Å². The smallest absolute Gasteiger partial charge is 0.244 e. The van der Waals surface area contributed by atoms with Crippen molar-refractivity contribution in [2.24, 2.45) is 0 Å². The third-order valence-electron chi connectivity index (χ3n) is 2.69. The first-order chi connectivity index (χ1) is 8.69. The Bertz CT molecular complexity index is 539. The molecule has 0 aliphatic rings. The minimum Gasteiger partial charge on any atom is -0.437 e. The maximum atomic E-state index is 11.5. The number of hydrogen-bond donors (Lipinski definition) is 1. The van der Waals surface area contributed by atoms with Crippen LogP contribution in [0.4, 0.5) is 0 Å². The fourth-order valence-corrected chi connectivity index (χ4v) is 1.50. The fraction of sp³-hybridized carbons (Fsp3) is 0.286. The maximum absolute atomic E-state index is 11.5. The Labute approximate surface area is 106 Å². The zero-order chi connectivity index (χ0) is 13.0. The van der Waals surface area contributed by atoms with Gasteiger partial charge in [-0.3, -0.25) is 4.79 Å². The molecule has 1 heterocycles. The highest BCUT2D eigenvalue weighted by Crippen LogP contribution is 2.15. The SMILES string of the molecule is CCC(C)NC(=O)C=Cc1nc2ccccc2o1. The van der Waals surface area contributed by atoms with Gasteiger partial charge in [0.2, 0.25) is 11.8 Å². The van der Waals surface area contributed by atoms with Crippen molar-refractivity contribution in [3.63, 3.8) is 0 Å². The van der Waals surface area contributed by atoms with E-state index in [0.717, 1.165) is 17.5 Å². The average Bonchev–Trinajstić information content (AvgIpc) is 2.79. The number of carbonyl (C=O) groups is 1. The molecule has 1 N–H and O–H groups in total. The van der Waals surface area contributed by atoms with Gasteiger partial charge in [0.15, 0.2) is 5.58 Å². The Morgan fingerprint density at radius 3 is 3.00 bits per heavy atom. The lowest BCUT2D eigenvalue weighted by atomic mass is 10.2. The minimum absolute atomic E-state index is 0.133. The summed E-state index contributed by atoms with van der Waals surface area (Å²) in [5.74, 6) is 0.308. The van der Waals surface area contributed by atoms with Gasteiger partial charge in [-0.2, -0.15) is 0 Å². The predicted molar refractivity (Wildman–Crippen MR) is 70.9 cm³/mol. The van der Waals surface area contributed by atoms with Gasteiger partial charge in [0.05, 0.1) is 0 Å². The van der Waals surface area contributed by atoms with E-state index in [-0.39, 0.29) is 11.9 Å². The first-order valence-electron chi connectivity index (χ1n) is 6.03. The van der Waals surface area contributed by atoms with Gasteiger partial charge >= 0.3 is 0 Å². The third kappa shape index (κ3) is 2.97. The third-order valence-corrected chi connectivity index (χ3v) is 2.69. The van der Waals surface area contributed by atoms with Gasteiger partial charge in [-0.25, -0.2) is 4.98 Å². The molecule has 1 amide bonds. The molecule has 1 aromatic heterocycles. The Morgan fingerprint density at radius 2 is 2.28 bits per heavy atom. The highest BCUT2D eigenvalue weighted by molar-refractivity contribution is 5.91. The molecular formula is C14H16N2O2. The summed E-state index contributed by atoms with van der Waals surface area (Å²) in [6.07, 6.45) is 3.93. The average molecular weight is 244 g/mol. The fourth-order valence-electron chi connectivity index (χ4n) is 1.50. The Morgan fingerprint density at radius 1 is 1.50 bits per heavy atom. The molecule has 0 spiro atoms. The summed E-state index contributed by atoms with van der Waals surface area (Å²) in [5, 5.41) is 2.84. The van der Waals surface area contributed by atoms with Gasteiger partial charge in [-0.05, 0) is 25.5 Å². The van der Waals surface area contributed by atoms with Crippen molar-refractivity contribution in [1.82, 2.24) is 10.3 Å². The second-order valence-corrected chi connectivity index (χ2v) is 4.17. The van der Waals surface area contributed by atoms with Crippen LogP contribution in [0.1, 0.15) is 26.2 Å². The van der Waals surface area contributed by atoms with Gasteiger partial charge in [0.25, 0.3) is 0 Å². The summed E-state index contributed by atoms with van der Waals surface area (Å²) >= 11 is 0. The molecule has 2 aromatic rings. The van der Waals surface area contributed by atoms with Gasteiger partial charge in [0, 0.05) is 18.2 Å². The molecule has 1 unspecified atom stereocenters. The first-order valence-corrected chi connectivity index (χ1v) is 6.03. The van der Waals surface area contributed by atoms with Crippen LogP contribution < -0.4 is 5.32 Å². The lowest BCUT2D eigenvalue weighted by Gasteiger charge is -2.07. The molecule has 0 fully saturated rings. The first kappa shape index (κ1) is 12.4. The van der Waals surface area contributed by atoms with E-state index in [1.807, 2.05) is 38.1 Å². The van der Waals surface area contributed by atoms with Crippen LogP contribution in [0.2, 0.25) is 0 Å². The molecular weight excluding hydrogens is 228 g/mol. The highest BCUT2D eigenvalue weighted by atomic mass is 16.3. The minimum atomic E-state index is -0.133. The summed E-state index contributed by atoms with van der Waals surface area (Å²) in [7, 11) is 0. The number of amides is 1. The van der Waals surface area contributed by atoms with Crippen molar-refractivity contribution < 1.29 is 9.21 Å². The molecule has 1 atom stereocenters. The van der Waals surface area contributed by atoms with Gasteiger partial charge in [-0.1, -0.05) is 19.1 Å². The summed E-state index contributed by atoms with van der Waals surface area (Å²) in [4.78, 5) is 15.8. The molecule has 0 saturated carbocycles. The van der Waals surface area contributed by atoms with E-state index in [9.17, 15) is 4.79 Å². The Kier molecular flexibility index (Phi) is 3.77. The zero-order valence-corrected chi connectivity index (χ0v) is 10.5. The second kappa shape index (κ2) is 5.49. The summed E-state index contributed by atoms with van der Waals surface area (Å²) in [6, 6.07) is 7.67. The summed E-state index contributed by atoms with van der Waals surface area (Å²) < 4.78 is 5.47. The second-order valence-electron chi connectivity index (χ2n) is 4.17. The number of rotatable bonds is 4. The molecule has 1 aromatic carbocycles. The van der Waals surface area contributed by atoms with Gasteiger partial charge < -0.3 is 9.73 Å². The molecule has 0 bridgehead atoms. The number of aromatic nitrogens is 1. The summed E-state index contributed by atoms with van der Waals surface area (Å²) in [5.41, 5.74) is 1.51. The van der Waals surface area contributed by atoms with Crippen LogP contribution in [0.25, 0.3) is 17.2 Å². The van der Waals surface area contributed by atoms with E-state index in [1.165, 1.54) is 6.08 Å². The van der Waals surface area contributed by atoms with Crippen molar-refractivity contribution in [3.8, 4) is 0 Å². The van der Waals surface area contributed by atoms with Crippen LogP contribution in [0.3, 0.4) is 0 Å². The molecule has 0 aliphatic heterocycles. The quantitative estimate of drug-likeness (QED) is 0.841. The molecule has 2 rings (SSSR count). The monoisotopic (exact) mass is 244 g/mol. The summed E-state index contributed by atoms with van der Waals surface area (Å²) in [6.45, 7) is 3.99. The number of nitrogens with zero attached hydrogens (tertiary/aromatic N) is 1. The number of carbonyl (C=O) groups excluding carboxylic acids is 1. The van der Waals surface area contributed by atoms with Crippen LogP contribution in [0.15, 0.2) is 34.8 Å². The van der Waals surface area contributed by atoms with Crippen molar-refractivity contribution in [2.75, 3.05) is 0 Å². The Balaban J connectivity index is 2.06. The molecule has 94 valence electrons. The lowest BCUT2D eigenvalue weighted by Crippen LogP contribution is -2.30. The van der Waals surface area contributed by atoms with E-state index in [2.05, 4.69) is 10.3 Å². The molecule has 0 aliphatic carbocycles. The predicted octanol–water partition coefficient (Wildman–Crippen LogP) is 2.76. The van der Waals surface area contributed by atoms with E-state index in [1.54, 1.807) is 6.08 Å². The maximum Gasteiger partial charge on any atom is 0.244 e. The normalized spacial score (nSPS) is 13.0. The number of benzene rings is 1. The largest absolute Gasteiger partial charge is 0.437 e. The zero-order valence-electron chi connectivity index (χ0n) is 10.5. The van der Waals surface area contributed by atoms with Crippen LogP contribution in [0.5, 0.6) is 0 Å². The van der Waals surface area contributed by atoms with Crippen molar-refractivity contribution in [1.29, 1.82) is 0 Å². The topological polar surface area (TPSA) is 55.1 Å². The Hall–Kier alpha value is -2.10. The van der Waals surface area contributed by atoms with Crippen LogP contribution in [0, 0.1) is 0 Å². The van der Waals surface area contributed by atoms with Crippen LogP contribution in [-0.4, -0.2) is 16.9 Å². The van der Waals surface area contributed by atoms with Crippen LogP contribution in [-0.2, 0) is 4.79 Å². The van der Waals surface area contributed by atoms with E-state index in [4.69, 9.17) is 4.42 Å². The highest BCUT2D eigenvalue weighted by Gasteiger charge is 2.04. The molecule has 4 heteroatoms. The molecule has 4 nitrogen and oxygen atoms in total. The lowest BCUT2D eigenvalue weighted by molar-refractivity contribution is -0.117. The van der Waals surface area contributed by atoms with Crippen molar-refractivity contribution >= 4 is 23.1 Å². The number of nitrogens with one attached hydrogen (secondary N) is 1.